The van der Waals surface area contributed by atoms with E-state index in [-0.39, 0.29) is 25.0 Å². The smallest absolute Gasteiger partial charge is 0.225 e. The van der Waals surface area contributed by atoms with E-state index in [4.69, 9.17) is 16.7 Å². The Bertz CT molecular complexity index is 560. The van der Waals surface area contributed by atoms with Crippen molar-refractivity contribution < 1.29 is 15.0 Å². The molecule has 1 aliphatic rings. The second-order valence-electron chi connectivity index (χ2n) is 6.35. The van der Waals surface area contributed by atoms with Crippen LogP contribution in [0.1, 0.15) is 13.8 Å². The van der Waals surface area contributed by atoms with Crippen LogP contribution in [0.4, 0.5) is 11.4 Å². The average Bonchev–Trinajstić information content (AvgIpc) is 2.59. The number of aliphatic hydroxyl groups excluding tert-OH is 2. The molecule has 1 heterocycles. The van der Waals surface area contributed by atoms with Crippen LogP contribution in [0.2, 0.25) is 5.02 Å². The molecule has 0 aliphatic carbocycles. The first-order valence-electron chi connectivity index (χ1n) is 8.28. The highest BCUT2D eigenvalue weighted by Gasteiger charge is 2.23. The van der Waals surface area contributed by atoms with Crippen molar-refractivity contribution in [2.24, 2.45) is 5.92 Å². The van der Waals surface area contributed by atoms with Crippen LogP contribution in [0.15, 0.2) is 18.2 Å². The highest BCUT2D eigenvalue weighted by atomic mass is 35.5. The first-order chi connectivity index (χ1) is 11.4. The molecule has 1 saturated heterocycles. The fourth-order valence-corrected chi connectivity index (χ4v) is 3.01. The summed E-state index contributed by atoms with van der Waals surface area (Å²) in [6.07, 6.45) is -0.796. The van der Waals surface area contributed by atoms with Gasteiger partial charge in [-0.1, -0.05) is 25.4 Å². The molecular formula is C17H26ClN3O3. The van der Waals surface area contributed by atoms with Gasteiger partial charge in [0.15, 0.2) is 0 Å². The third-order valence-electron chi connectivity index (χ3n) is 4.13. The van der Waals surface area contributed by atoms with Crippen LogP contribution in [-0.2, 0) is 4.79 Å². The number of aliphatic hydroxyl groups is 2. The number of amides is 1. The van der Waals surface area contributed by atoms with Crippen LogP contribution in [0.3, 0.4) is 0 Å². The summed E-state index contributed by atoms with van der Waals surface area (Å²) in [4.78, 5) is 16.1. The Morgan fingerprint density at radius 3 is 2.50 bits per heavy atom. The first kappa shape index (κ1) is 18.8. The number of hydrogen-bond acceptors (Lipinski definition) is 5. The van der Waals surface area contributed by atoms with Crippen LogP contribution in [0, 0.1) is 5.92 Å². The van der Waals surface area contributed by atoms with Crippen molar-refractivity contribution in [2.75, 3.05) is 49.5 Å². The number of nitrogens with one attached hydrogen (secondary N) is 1. The van der Waals surface area contributed by atoms with Crippen LogP contribution in [0.5, 0.6) is 0 Å². The quantitative estimate of drug-likeness (QED) is 0.719. The van der Waals surface area contributed by atoms with Crippen molar-refractivity contribution in [1.82, 2.24) is 4.90 Å². The first-order valence-corrected chi connectivity index (χ1v) is 8.66. The van der Waals surface area contributed by atoms with Crippen molar-refractivity contribution in [1.29, 1.82) is 0 Å². The molecule has 0 spiro atoms. The van der Waals surface area contributed by atoms with Crippen LogP contribution in [0.25, 0.3) is 0 Å². The summed E-state index contributed by atoms with van der Waals surface area (Å²) >= 11 is 6.39. The summed E-state index contributed by atoms with van der Waals surface area (Å²) in [5, 5.41) is 21.9. The number of carbonyl (C=O) groups is 1. The summed E-state index contributed by atoms with van der Waals surface area (Å²) in [5.41, 5.74) is 1.74. The lowest BCUT2D eigenvalue weighted by Crippen LogP contribution is -2.50. The SMILES string of the molecule is CC(C)C(=O)N1CCN(c2ccc(NCC(O)CO)cc2Cl)CC1. The largest absolute Gasteiger partial charge is 0.394 e. The second kappa shape index (κ2) is 8.55. The predicted molar refractivity (Wildman–Crippen MR) is 96.7 cm³/mol. The highest BCUT2D eigenvalue weighted by Crippen LogP contribution is 2.29. The molecule has 1 aliphatic heterocycles. The van der Waals surface area contributed by atoms with Gasteiger partial charge in [0.2, 0.25) is 5.91 Å². The molecule has 1 atom stereocenters. The van der Waals surface area contributed by atoms with Gasteiger partial charge in [-0.15, -0.1) is 0 Å². The van der Waals surface area contributed by atoms with Crippen molar-refractivity contribution in [3.63, 3.8) is 0 Å². The Balaban J connectivity index is 1.95. The molecule has 1 unspecified atom stereocenters. The minimum absolute atomic E-state index is 0.0276. The van der Waals surface area contributed by atoms with Gasteiger partial charge in [-0.2, -0.15) is 0 Å². The molecule has 0 bridgehead atoms. The maximum atomic E-state index is 12.0. The van der Waals surface area contributed by atoms with Crippen LogP contribution >= 0.6 is 11.6 Å². The van der Waals surface area contributed by atoms with Crippen molar-refractivity contribution >= 4 is 28.9 Å². The van der Waals surface area contributed by atoms with E-state index < -0.39 is 6.10 Å². The molecular weight excluding hydrogens is 330 g/mol. The van der Waals surface area contributed by atoms with E-state index in [1.807, 2.05) is 36.9 Å². The molecule has 1 amide bonds. The standard InChI is InChI=1S/C17H26ClN3O3/c1-12(2)17(24)21-7-5-20(6-8-21)16-4-3-13(9-15(16)18)19-10-14(23)11-22/h3-4,9,12,14,19,22-23H,5-8,10-11H2,1-2H3. The number of halogens is 1. The van der Waals surface area contributed by atoms with Gasteiger partial charge in [0.25, 0.3) is 0 Å². The summed E-state index contributed by atoms with van der Waals surface area (Å²) in [5.74, 6) is 0.225. The van der Waals surface area contributed by atoms with Crippen LogP contribution < -0.4 is 10.2 Å². The zero-order chi connectivity index (χ0) is 17.7. The number of carbonyl (C=O) groups excluding carboxylic acids is 1. The Hall–Kier alpha value is -1.50. The monoisotopic (exact) mass is 355 g/mol. The molecule has 134 valence electrons. The minimum Gasteiger partial charge on any atom is -0.394 e. The maximum Gasteiger partial charge on any atom is 0.225 e. The van der Waals surface area contributed by atoms with Gasteiger partial charge < -0.3 is 25.3 Å². The average molecular weight is 356 g/mol. The molecule has 6 nitrogen and oxygen atoms in total. The van der Waals surface area contributed by atoms with Gasteiger partial charge in [-0.25, -0.2) is 0 Å². The molecule has 1 aromatic rings. The third kappa shape index (κ3) is 4.75. The predicted octanol–water partition coefficient (Wildman–Crippen LogP) is 1.41. The number of nitrogens with zero attached hydrogens (tertiary/aromatic N) is 2. The minimum atomic E-state index is -0.796. The van der Waals surface area contributed by atoms with Crippen molar-refractivity contribution in [2.45, 2.75) is 20.0 Å². The Kier molecular flexibility index (Phi) is 6.71. The Morgan fingerprint density at radius 1 is 1.29 bits per heavy atom. The molecule has 0 saturated carbocycles. The molecule has 0 radical (unpaired) electrons. The third-order valence-corrected chi connectivity index (χ3v) is 4.43. The number of rotatable bonds is 6. The lowest BCUT2D eigenvalue weighted by atomic mass is 10.1. The fourth-order valence-electron chi connectivity index (χ4n) is 2.71. The van der Waals surface area contributed by atoms with Gasteiger partial charge in [-0.05, 0) is 18.2 Å². The molecule has 3 N–H and O–H groups in total. The van der Waals surface area contributed by atoms with E-state index in [2.05, 4.69) is 10.2 Å². The zero-order valence-corrected chi connectivity index (χ0v) is 15.0. The van der Waals surface area contributed by atoms with Gasteiger partial charge >= 0.3 is 0 Å². The fraction of sp³-hybridized carbons (Fsp3) is 0.588. The summed E-state index contributed by atoms with van der Waals surface area (Å²) in [6, 6.07) is 5.65. The number of piperazine rings is 1. The maximum absolute atomic E-state index is 12.0. The lowest BCUT2D eigenvalue weighted by Gasteiger charge is -2.37. The number of benzene rings is 1. The summed E-state index contributed by atoms with van der Waals surface area (Å²) in [7, 11) is 0. The van der Waals surface area contributed by atoms with E-state index in [1.165, 1.54) is 0 Å². The Morgan fingerprint density at radius 2 is 1.96 bits per heavy atom. The summed E-state index contributed by atoms with van der Waals surface area (Å²) < 4.78 is 0. The number of hydrogen-bond donors (Lipinski definition) is 3. The number of anilines is 2. The molecule has 24 heavy (non-hydrogen) atoms. The lowest BCUT2D eigenvalue weighted by molar-refractivity contribution is -0.134. The summed E-state index contributed by atoms with van der Waals surface area (Å²) in [6.45, 7) is 6.75. The van der Waals surface area contributed by atoms with Gasteiger partial charge in [0, 0.05) is 44.3 Å². The molecule has 2 rings (SSSR count). The van der Waals surface area contributed by atoms with E-state index >= 15 is 0 Å². The molecule has 0 aromatic heterocycles. The zero-order valence-electron chi connectivity index (χ0n) is 14.2. The Labute approximate surface area is 148 Å². The van der Waals surface area contributed by atoms with Gasteiger partial charge in [-0.3, -0.25) is 4.79 Å². The highest BCUT2D eigenvalue weighted by molar-refractivity contribution is 6.33. The van der Waals surface area contributed by atoms with Gasteiger partial charge in [0.05, 0.1) is 23.4 Å². The molecule has 1 fully saturated rings. The van der Waals surface area contributed by atoms with Gasteiger partial charge in [0.1, 0.15) is 0 Å². The van der Waals surface area contributed by atoms with E-state index in [0.717, 1.165) is 24.5 Å². The van der Waals surface area contributed by atoms with Crippen molar-refractivity contribution in [3.8, 4) is 0 Å². The van der Waals surface area contributed by atoms with Crippen LogP contribution in [-0.4, -0.2) is 66.5 Å². The van der Waals surface area contributed by atoms with E-state index in [0.29, 0.717) is 18.1 Å². The molecule has 7 heteroatoms. The topological polar surface area (TPSA) is 76.0 Å². The normalized spacial score (nSPS) is 16.4. The van der Waals surface area contributed by atoms with Crippen molar-refractivity contribution in [3.05, 3.63) is 23.2 Å². The van der Waals surface area contributed by atoms with E-state index in [1.54, 1.807) is 0 Å². The molecule has 1 aromatic carbocycles. The second-order valence-corrected chi connectivity index (χ2v) is 6.76. The van der Waals surface area contributed by atoms with E-state index in [9.17, 15) is 9.90 Å².